The second kappa shape index (κ2) is 9.94. The van der Waals surface area contributed by atoms with Crippen molar-refractivity contribution in [3.05, 3.63) is 48.3 Å². The number of hydrogen-bond acceptors (Lipinski definition) is 6. The van der Waals surface area contributed by atoms with Crippen molar-refractivity contribution in [3.8, 4) is 0 Å². The number of nitrogens with one attached hydrogen (secondary N) is 3. The number of hydrogen-bond donors (Lipinski definition) is 3. The molecule has 180 valence electrons. The molecule has 2 aliphatic rings. The Morgan fingerprint density at radius 2 is 2.03 bits per heavy atom. The number of aryl methyl sites for hydroxylation is 1. The fraction of sp³-hybridized carbons (Fsp3) is 0.500. The van der Waals surface area contributed by atoms with Crippen LogP contribution in [-0.2, 0) is 16.6 Å². The van der Waals surface area contributed by atoms with Gasteiger partial charge in [0.1, 0.15) is 11.5 Å². The van der Waals surface area contributed by atoms with E-state index in [4.69, 9.17) is 0 Å². The minimum absolute atomic E-state index is 0.153. The van der Waals surface area contributed by atoms with Crippen molar-refractivity contribution in [2.24, 2.45) is 7.05 Å². The number of nitrogens with zero attached hydrogens (tertiary/aromatic N) is 5. The van der Waals surface area contributed by atoms with Gasteiger partial charge in [0.05, 0.1) is 6.04 Å². The third-order valence-corrected chi connectivity index (χ3v) is 7.09. The van der Waals surface area contributed by atoms with Crippen LogP contribution in [0.5, 0.6) is 0 Å². The number of rotatable bonds is 5. The molecule has 1 atom stereocenters. The summed E-state index contributed by atoms with van der Waals surface area (Å²) in [4.78, 5) is 41.4. The Morgan fingerprint density at radius 1 is 1.18 bits per heavy atom. The number of carbonyl (C=O) groups excluding carboxylic acids is 2. The second-order valence-electron chi connectivity index (χ2n) is 9.12. The van der Waals surface area contributed by atoms with E-state index < -0.39 is 11.8 Å². The Bertz CT molecular complexity index is 1150. The average Bonchev–Trinajstić information content (AvgIpc) is 3.50. The molecule has 0 radical (unpaired) electrons. The second-order valence-corrected chi connectivity index (χ2v) is 9.12. The van der Waals surface area contributed by atoms with E-state index in [1.165, 1.54) is 5.56 Å². The van der Waals surface area contributed by atoms with Gasteiger partial charge in [0, 0.05) is 83.0 Å². The van der Waals surface area contributed by atoms with Crippen molar-refractivity contribution in [1.29, 1.82) is 0 Å². The highest BCUT2D eigenvalue weighted by molar-refractivity contribution is 6.35. The number of fused-ring (bicyclic) bond motifs is 1. The molecular formula is C24H32N8O2. The van der Waals surface area contributed by atoms with Gasteiger partial charge in [0.15, 0.2) is 0 Å². The molecule has 2 fully saturated rings. The molecule has 2 amide bonds. The normalized spacial score (nSPS) is 20.0. The lowest BCUT2D eigenvalue weighted by molar-refractivity contribution is -0.146. The van der Waals surface area contributed by atoms with E-state index >= 15 is 0 Å². The van der Waals surface area contributed by atoms with Crippen LogP contribution in [0.3, 0.4) is 0 Å². The Hall–Kier alpha value is -3.24. The van der Waals surface area contributed by atoms with Crippen LogP contribution < -0.4 is 10.6 Å². The van der Waals surface area contributed by atoms with Crippen LogP contribution >= 0.6 is 0 Å². The van der Waals surface area contributed by atoms with Gasteiger partial charge in [-0.15, -0.1) is 0 Å². The third kappa shape index (κ3) is 4.55. The van der Waals surface area contributed by atoms with Crippen molar-refractivity contribution in [2.75, 3.05) is 45.8 Å². The average molecular weight is 465 g/mol. The maximum absolute atomic E-state index is 12.7. The summed E-state index contributed by atoms with van der Waals surface area (Å²) < 4.78 is 2.03. The smallest absolute Gasteiger partial charge is 0.311 e. The van der Waals surface area contributed by atoms with Gasteiger partial charge in [-0.05, 0) is 36.5 Å². The Balaban J connectivity index is 1.10. The molecule has 2 saturated heterocycles. The van der Waals surface area contributed by atoms with Gasteiger partial charge in [-0.1, -0.05) is 0 Å². The number of aromatic nitrogens is 4. The number of likely N-dealkylation sites (tertiary alicyclic amines) is 1. The van der Waals surface area contributed by atoms with Gasteiger partial charge < -0.3 is 25.1 Å². The zero-order chi connectivity index (χ0) is 23.5. The van der Waals surface area contributed by atoms with Crippen LogP contribution in [0.15, 0.2) is 36.9 Å². The summed E-state index contributed by atoms with van der Waals surface area (Å²) in [5, 5.41) is 7.39. The molecule has 0 spiro atoms. The van der Waals surface area contributed by atoms with E-state index in [0.717, 1.165) is 49.3 Å². The van der Waals surface area contributed by atoms with Gasteiger partial charge in [0.2, 0.25) is 0 Å². The molecule has 34 heavy (non-hydrogen) atoms. The van der Waals surface area contributed by atoms with Gasteiger partial charge in [-0.2, -0.15) is 0 Å². The zero-order valence-corrected chi connectivity index (χ0v) is 19.5. The van der Waals surface area contributed by atoms with E-state index in [2.05, 4.69) is 36.6 Å². The largest absolute Gasteiger partial charge is 0.347 e. The van der Waals surface area contributed by atoms with E-state index in [1.807, 2.05) is 30.1 Å². The molecular weight excluding hydrogens is 432 g/mol. The minimum Gasteiger partial charge on any atom is -0.347 e. The maximum Gasteiger partial charge on any atom is 0.311 e. The number of pyridine rings is 1. The highest BCUT2D eigenvalue weighted by atomic mass is 16.2. The molecule has 3 aromatic rings. The van der Waals surface area contributed by atoms with Gasteiger partial charge >= 0.3 is 11.8 Å². The molecule has 2 aliphatic heterocycles. The standard InChI is InChI=1S/C24H32N8O2/c1-30-12-8-27-22(30)20-16-25-7-13-31(20)14-9-28-23(33)24(34)32-10-4-17(5-11-32)19-15-29-21-18(19)3-2-6-26-21/h2-3,6,8,12,15,17,20,25H,4-5,7,9-11,13-14,16H2,1H3,(H,26,29)(H,28,33). The molecule has 10 nitrogen and oxygen atoms in total. The zero-order valence-electron chi connectivity index (χ0n) is 19.5. The summed E-state index contributed by atoms with van der Waals surface area (Å²) in [5.41, 5.74) is 2.14. The molecule has 1 unspecified atom stereocenters. The number of piperidine rings is 1. The Kier molecular flexibility index (Phi) is 6.59. The van der Waals surface area contributed by atoms with Gasteiger partial charge in [-0.3, -0.25) is 14.5 Å². The maximum atomic E-state index is 12.7. The van der Waals surface area contributed by atoms with Gasteiger partial charge in [0.25, 0.3) is 0 Å². The number of amides is 2. The van der Waals surface area contributed by atoms with Crippen molar-refractivity contribution in [3.63, 3.8) is 0 Å². The van der Waals surface area contributed by atoms with E-state index in [-0.39, 0.29) is 6.04 Å². The number of carbonyl (C=O) groups is 2. The molecule has 5 heterocycles. The summed E-state index contributed by atoms with van der Waals surface area (Å²) in [5.74, 6) is 0.419. The predicted octanol–water partition coefficient (Wildman–Crippen LogP) is 0.765. The first-order valence-electron chi connectivity index (χ1n) is 12.0. The minimum atomic E-state index is -0.515. The van der Waals surface area contributed by atoms with Crippen molar-refractivity contribution in [2.45, 2.75) is 24.8 Å². The van der Waals surface area contributed by atoms with E-state index in [9.17, 15) is 9.59 Å². The quantitative estimate of drug-likeness (QED) is 0.481. The Labute approximate surface area is 198 Å². The molecule has 10 heteroatoms. The number of H-pyrrole nitrogens is 1. The summed E-state index contributed by atoms with van der Waals surface area (Å²) >= 11 is 0. The van der Waals surface area contributed by atoms with Crippen molar-refractivity contribution < 1.29 is 9.59 Å². The van der Waals surface area contributed by atoms with Crippen LogP contribution in [-0.4, -0.2) is 86.9 Å². The van der Waals surface area contributed by atoms with Crippen LogP contribution in [0.4, 0.5) is 0 Å². The predicted molar refractivity (Wildman–Crippen MR) is 128 cm³/mol. The molecule has 0 aromatic carbocycles. The summed E-state index contributed by atoms with van der Waals surface area (Å²) in [6, 6.07) is 4.18. The van der Waals surface area contributed by atoms with Gasteiger partial charge in [-0.25, -0.2) is 9.97 Å². The van der Waals surface area contributed by atoms with Crippen LogP contribution in [0.2, 0.25) is 0 Å². The number of imidazole rings is 1. The lowest BCUT2D eigenvalue weighted by Gasteiger charge is -2.35. The molecule has 0 bridgehead atoms. The van der Waals surface area contributed by atoms with E-state index in [1.54, 1.807) is 17.3 Å². The SMILES string of the molecule is Cn1ccnc1C1CNCCN1CCNC(=O)C(=O)N1CCC(c2c[nH]c3ncccc23)CC1. The Morgan fingerprint density at radius 3 is 2.82 bits per heavy atom. The molecule has 0 saturated carbocycles. The first-order chi connectivity index (χ1) is 16.6. The highest BCUT2D eigenvalue weighted by Gasteiger charge is 2.30. The number of aromatic amines is 1. The fourth-order valence-corrected chi connectivity index (χ4v) is 5.21. The first-order valence-corrected chi connectivity index (χ1v) is 12.0. The van der Waals surface area contributed by atoms with Crippen molar-refractivity contribution >= 4 is 22.8 Å². The number of piperazine rings is 1. The van der Waals surface area contributed by atoms with Crippen LogP contribution in [0.1, 0.15) is 36.2 Å². The molecule has 3 N–H and O–H groups in total. The van der Waals surface area contributed by atoms with Crippen LogP contribution in [0, 0.1) is 0 Å². The monoisotopic (exact) mass is 464 g/mol. The topological polar surface area (TPSA) is 111 Å². The van der Waals surface area contributed by atoms with Crippen LogP contribution in [0.25, 0.3) is 11.0 Å². The third-order valence-electron chi connectivity index (χ3n) is 7.09. The highest BCUT2D eigenvalue weighted by Crippen LogP contribution is 2.32. The lowest BCUT2D eigenvalue weighted by atomic mass is 9.89. The summed E-state index contributed by atoms with van der Waals surface area (Å²) in [6.45, 7) is 4.87. The lowest BCUT2D eigenvalue weighted by Crippen LogP contribution is -2.50. The molecule has 3 aromatic heterocycles. The van der Waals surface area contributed by atoms with Crippen molar-refractivity contribution in [1.82, 2.24) is 40.0 Å². The fourth-order valence-electron chi connectivity index (χ4n) is 5.21. The first kappa shape index (κ1) is 22.5. The van der Waals surface area contributed by atoms with E-state index in [0.29, 0.717) is 32.1 Å². The summed E-state index contributed by atoms with van der Waals surface area (Å²) in [6.07, 6.45) is 9.24. The summed E-state index contributed by atoms with van der Waals surface area (Å²) in [7, 11) is 1.99. The molecule has 0 aliphatic carbocycles. The molecule has 5 rings (SSSR count).